The molecular formula is C25H26N6O3S. The fourth-order valence-corrected chi connectivity index (χ4v) is 5.27. The Hall–Kier alpha value is -3.66. The lowest BCUT2D eigenvalue weighted by Gasteiger charge is -2.14. The molecule has 1 aliphatic carbocycles. The predicted molar refractivity (Wildman–Crippen MR) is 135 cm³/mol. The zero-order valence-corrected chi connectivity index (χ0v) is 20.4. The van der Waals surface area contributed by atoms with Gasteiger partial charge in [0.25, 0.3) is 5.56 Å². The van der Waals surface area contributed by atoms with Crippen molar-refractivity contribution in [2.24, 2.45) is 0 Å². The molecule has 4 aromatic rings. The van der Waals surface area contributed by atoms with Gasteiger partial charge in [0.1, 0.15) is 0 Å². The van der Waals surface area contributed by atoms with E-state index in [-0.39, 0.29) is 17.4 Å². The predicted octanol–water partition coefficient (Wildman–Crippen LogP) is 3.51. The van der Waals surface area contributed by atoms with E-state index in [9.17, 15) is 14.4 Å². The van der Waals surface area contributed by atoms with Crippen LogP contribution < -0.4 is 16.2 Å². The smallest absolute Gasteiger partial charge is 0.321 e. The van der Waals surface area contributed by atoms with E-state index in [2.05, 4.69) is 20.8 Å². The lowest BCUT2D eigenvalue weighted by molar-refractivity contribution is -0.117. The van der Waals surface area contributed by atoms with Crippen LogP contribution in [0.3, 0.4) is 0 Å². The fraction of sp³-hybridized carbons (Fsp3) is 0.320. The Bertz CT molecular complexity index is 1500. The average molecular weight is 491 g/mol. The van der Waals surface area contributed by atoms with Crippen molar-refractivity contribution in [1.82, 2.24) is 29.8 Å². The van der Waals surface area contributed by atoms with Gasteiger partial charge in [0, 0.05) is 6.04 Å². The highest BCUT2D eigenvalue weighted by molar-refractivity contribution is 7.99. The summed E-state index contributed by atoms with van der Waals surface area (Å²) in [6.07, 6.45) is 4.07. The molecule has 2 aromatic heterocycles. The summed E-state index contributed by atoms with van der Waals surface area (Å²) in [5, 5.41) is 14.8. The molecule has 0 atom stereocenters. The van der Waals surface area contributed by atoms with Gasteiger partial charge in [0.05, 0.1) is 22.3 Å². The number of amides is 3. The van der Waals surface area contributed by atoms with Crippen LogP contribution in [0.25, 0.3) is 22.4 Å². The summed E-state index contributed by atoms with van der Waals surface area (Å²) in [6, 6.07) is 12.8. The molecule has 0 saturated heterocycles. The van der Waals surface area contributed by atoms with Gasteiger partial charge >= 0.3 is 6.03 Å². The van der Waals surface area contributed by atoms with Gasteiger partial charge in [-0.25, -0.2) is 9.36 Å². The monoisotopic (exact) mass is 490 g/mol. The van der Waals surface area contributed by atoms with Gasteiger partial charge in [0.2, 0.25) is 11.7 Å². The number of nitrogens with one attached hydrogen (secondary N) is 2. The van der Waals surface area contributed by atoms with E-state index in [1.807, 2.05) is 50.2 Å². The fourth-order valence-electron chi connectivity index (χ4n) is 4.53. The highest BCUT2D eigenvalue weighted by Crippen LogP contribution is 2.24. The van der Waals surface area contributed by atoms with Crippen LogP contribution >= 0.6 is 11.8 Å². The molecule has 0 spiro atoms. The van der Waals surface area contributed by atoms with Gasteiger partial charge in [-0.1, -0.05) is 48.9 Å². The number of urea groups is 1. The number of aromatic nitrogens is 4. The Morgan fingerprint density at radius 1 is 1.09 bits per heavy atom. The molecule has 3 amide bonds. The largest absolute Gasteiger partial charge is 0.335 e. The SMILES string of the molecule is Cc1ccc(C)c(-n2c(=O)c3ccccc3n3c(SCC(=O)NC(=O)NC4CCCC4)nnc23)c1. The van der Waals surface area contributed by atoms with Crippen molar-refractivity contribution in [3.8, 4) is 5.69 Å². The summed E-state index contributed by atoms with van der Waals surface area (Å²) >= 11 is 1.16. The van der Waals surface area contributed by atoms with Crippen LogP contribution in [-0.2, 0) is 4.79 Å². The second-order valence-corrected chi connectivity index (χ2v) is 9.80. The number of carbonyl (C=O) groups excluding carboxylic acids is 2. The number of para-hydroxylation sites is 1. The van der Waals surface area contributed by atoms with E-state index in [1.54, 1.807) is 15.0 Å². The lowest BCUT2D eigenvalue weighted by atomic mass is 10.1. The molecule has 180 valence electrons. The standard InChI is InChI=1S/C25H26N6O3S/c1-15-11-12-16(2)20(13-15)30-22(33)18-9-5-6-10-19(18)31-24(30)28-29-25(31)35-14-21(32)27-23(34)26-17-7-3-4-8-17/h5-6,9-13,17H,3-4,7-8,14H2,1-2H3,(H2,26,27,32,34). The van der Waals surface area contributed by atoms with E-state index >= 15 is 0 Å². The second kappa shape index (κ2) is 9.53. The number of nitrogens with zero attached hydrogens (tertiary/aromatic N) is 4. The molecule has 0 bridgehead atoms. The Balaban J connectivity index is 1.48. The Morgan fingerprint density at radius 2 is 1.86 bits per heavy atom. The molecule has 9 nitrogen and oxygen atoms in total. The molecular weight excluding hydrogens is 464 g/mol. The number of hydrogen-bond donors (Lipinski definition) is 2. The number of fused-ring (bicyclic) bond motifs is 3. The van der Waals surface area contributed by atoms with Crippen LogP contribution in [0.4, 0.5) is 4.79 Å². The molecule has 0 unspecified atom stereocenters. The lowest BCUT2D eigenvalue weighted by Crippen LogP contribution is -2.44. The molecule has 2 heterocycles. The Labute approximate surface area is 205 Å². The molecule has 1 fully saturated rings. The van der Waals surface area contributed by atoms with Crippen molar-refractivity contribution in [3.63, 3.8) is 0 Å². The van der Waals surface area contributed by atoms with E-state index < -0.39 is 11.9 Å². The second-order valence-electron chi connectivity index (χ2n) is 8.86. The summed E-state index contributed by atoms with van der Waals surface area (Å²) in [5.41, 5.74) is 3.15. The number of carbonyl (C=O) groups is 2. The molecule has 5 rings (SSSR count). The van der Waals surface area contributed by atoms with Gasteiger partial charge in [-0.15, -0.1) is 10.2 Å². The first-order valence-corrected chi connectivity index (χ1v) is 12.6. The zero-order chi connectivity index (χ0) is 24.5. The Morgan fingerprint density at radius 3 is 2.66 bits per heavy atom. The normalized spacial score (nSPS) is 14.0. The zero-order valence-electron chi connectivity index (χ0n) is 19.6. The molecule has 2 N–H and O–H groups in total. The third kappa shape index (κ3) is 4.53. The molecule has 0 aliphatic heterocycles. The van der Waals surface area contributed by atoms with E-state index in [4.69, 9.17) is 0 Å². The number of rotatable bonds is 5. The van der Waals surface area contributed by atoms with Gasteiger partial charge in [-0.3, -0.25) is 19.3 Å². The summed E-state index contributed by atoms with van der Waals surface area (Å²) in [5.74, 6) is -0.0748. The maximum atomic E-state index is 13.5. The van der Waals surface area contributed by atoms with Crippen molar-refractivity contribution in [2.75, 3.05) is 5.75 Å². The minimum Gasteiger partial charge on any atom is -0.335 e. The third-order valence-corrected chi connectivity index (χ3v) is 7.20. The maximum absolute atomic E-state index is 13.5. The van der Waals surface area contributed by atoms with Crippen LogP contribution in [0.1, 0.15) is 36.8 Å². The number of hydrogen-bond acceptors (Lipinski definition) is 6. The van der Waals surface area contributed by atoms with Crippen molar-refractivity contribution < 1.29 is 9.59 Å². The highest BCUT2D eigenvalue weighted by atomic mass is 32.2. The van der Waals surface area contributed by atoms with Gasteiger partial charge in [-0.2, -0.15) is 0 Å². The molecule has 0 radical (unpaired) electrons. The van der Waals surface area contributed by atoms with Crippen LogP contribution in [-0.4, -0.2) is 42.9 Å². The van der Waals surface area contributed by atoms with Crippen molar-refractivity contribution in [3.05, 3.63) is 63.9 Å². The van der Waals surface area contributed by atoms with Gasteiger partial charge < -0.3 is 5.32 Å². The summed E-state index contributed by atoms with van der Waals surface area (Å²) in [7, 11) is 0. The minimum absolute atomic E-state index is 0.0180. The van der Waals surface area contributed by atoms with E-state index in [0.717, 1.165) is 54.3 Å². The molecule has 10 heteroatoms. The first kappa shape index (κ1) is 23.1. The maximum Gasteiger partial charge on any atom is 0.321 e. The number of imide groups is 1. The van der Waals surface area contributed by atoms with Gasteiger partial charge in [-0.05, 0) is 56.0 Å². The Kier molecular flexibility index (Phi) is 6.29. The summed E-state index contributed by atoms with van der Waals surface area (Å²) in [6.45, 7) is 3.92. The van der Waals surface area contributed by atoms with Crippen LogP contribution in [0.5, 0.6) is 0 Å². The number of thioether (sulfide) groups is 1. The number of aryl methyl sites for hydroxylation is 2. The quantitative estimate of drug-likeness (QED) is 0.414. The van der Waals surface area contributed by atoms with E-state index in [0.29, 0.717) is 21.8 Å². The van der Waals surface area contributed by atoms with Crippen molar-refractivity contribution >= 4 is 40.4 Å². The van der Waals surface area contributed by atoms with Gasteiger partial charge in [0.15, 0.2) is 5.16 Å². The van der Waals surface area contributed by atoms with Crippen LogP contribution in [0.2, 0.25) is 0 Å². The average Bonchev–Trinajstić information content (AvgIpc) is 3.50. The van der Waals surface area contributed by atoms with Crippen LogP contribution in [0, 0.1) is 13.8 Å². The summed E-state index contributed by atoms with van der Waals surface area (Å²) < 4.78 is 3.35. The molecule has 1 aliphatic rings. The first-order valence-electron chi connectivity index (χ1n) is 11.6. The van der Waals surface area contributed by atoms with Crippen molar-refractivity contribution in [1.29, 1.82) is 0 Å². The van der Waals surface area contributed by atoms with E-state index in [1.165, 1.54) is 0 Å². The third-order valence-electron chi connectivity index (χ3n) is 6.28. The van der Waals surface area contributed by atoms with Crippen LogP contribution in [0.15, 0.2) is 52.4 Å². The molecule has 2 aromatic carbocycles. The minimum atomic E-state index is -0.470. The highest BCUT2D eigenvalue weighted by Gasteiger charge is 2.21. The molecule has 35 heavy (non-hydrogen) atoms. The topological polar surface area (TPSA) is 110 Å². The molecule has 1 saturated carbocycles. The van der Waals surface area contributed by atoms with Crippen molar-refractivity contribution in [2.45, 2.75) is 50.7 Å². The number of benzene rings is 2. The summed E-state index contributed by atoms with van der Waals surface area (Å²) in [4.78, 5) is 38.1. The first-order chi connectivity index (χ1) is 16.9.